The van der Waals surface area contributed by atoms with Crippen molar-refractivity contribution >= 4 is 16.8 Å². The van der Waals surface area contributed by atoms with Crippen LogP contribution in [0.2, 0.25) is 0 Å². The highest BCUT2D eigenvalue weighted by molar-refractivity contribution is 5.97. The van der Waals surface area contributed by atoms with Crippen molar-refractivity contribution in [1.82, 2.24) is 19.9 Å². The Morgan fingerprint density at radius 3 is 2.95 bits per heavy atom. The van der Waals surface area contributed by atoms with Gasteiger partial charge in [0.2, 0.25) is 0 Å². The summed E-state index contributed by atoms with van der Waals surface area (Å²) in [6.45, 7) is 0.398. The first-order valence-electron chi connectivity index (χ1n) is 6.33. The van der Waals surface area contributed by atoms with E-state index in [0.717, 1.165) is 16.7 Å². The number of benzene rings is 1. The Hall–Kier alpha value is -2.69. The molecule has 0 atom stereocenters. The molecule has 3 aromatic rings. The summed E-state index contributed by atoms with van der Waals surface area (Å²) in [5.74, 6) is 0.665. The van der Waals surface area contributed by atoms with E-state index in [1.807, 2.05) is 48.1 Å². The van der Waals surface area contributed by atoms with E-state index in [2.05, 4.69) is 15.3 Å². The van der Waals surface area contributed by atoms with Crippen LogP contribution in [0.4, 0.5) is 0 Å². The Kier molecular flexibility index (Phi) is 3.16. The molecule has 0 aliphatic heterocycles. The Morgan fingerprint density at radius 2 is 2.15 bits per heavy atom. The molecule has 5 nitrogen and oxygen atoms in total. The van der Waals surface area contributed by atoms with Gasteiger partial charge in [0, 0.05) is 31.0 Å². The third-order valence-electron chi connectivity index (χ3n) is 3.18. The van der Waals surface area contributed by atoms with Gasteiger partial charge in [-0.2, -0.15) is 0 Å². The third kappa shape index (κ3) is 2.38. The molecule has 3 rings (SSSR count). The Bertz CT molecular complexity index is 763. The molecular weight excluding hydrogens is 252 g/mol. The van der Waals surface area contributed by atoms with Crippen molar-refractivity contribution in [2.24, 2.45) is 7.05 Å². The number of fused-ring (bicyclic) bond motifs is 1. The van der Waals surface area contributed by atoms with Gasteiger partial charge in [-0.05, 0) is 12.1 Å². The smallest absolute Gasteiger partial charge is 0.253 e. The van der Waals surface area contributed by atoms with Crippen molar-refractivity contribution in [3.63, 3.8) is 0 Å². The van der Waals surface area contributed by atoms with Crippen LogP contribution in [0.5, 0.6) is 0 Å². The standard InChI is InChI=1S/C15H14N4O/c1-19-7-6-16-14(19)10-18-15(20)12-8-11-4-2-3-5-13(11)17-9-12/h2-9H,10H2,1H3,(H,18,20). The molecule has 0 unspecified atom stereocenters. The van der Waals surface area contributed by atoms with Gasteiger partial charge in [0.05, 0.1) is 17.6 Å². The van der Waals surface area contributed by atoms with Crippen LogP contribution in [0.1, 0.15) is 16.2 Å². The Balaban J connectivity index is 1.77. The fourth-order valence-electron chi connectivity index (χ4n) is 2.02. The number of nitrogens with zero attached hydrogens (tertiary/aromatic N) is 3. The molecule has 0 radical (unpaired) electrons. The van der Waals surface area contributed by atoms with Crippen molar-refractivity contribution in [2.45, 2.75) is 6.54 Å². The summed E-state index contributed by atoms with van der Waals surface area (Å²) in [4.78, 5) is 20.6. The predicted octanol–water partition coefficient (Wildman–Crippen LogP) is 1.90. The van der Waals surface area contributed by atoms with Crippen LogP contribution in [0.15, 0.2) is 48.9 Å². The van der Waals surface area contributed by atoms with Gasteiger partial charge in [0.15, 0.2) is 0 Å². The first-order valence-corrected chi connectivity index (χ1v) is 6.33. The van der Waals surface area contributed by atoms with E-state index < -0.39 is 0 Å². The molecule has 0 saturated carbocycles. The normalized spacial score (nSPS) is 10.7. The average Bonchev–Trinajstić information content (AvgIpc) is 2.89. The zero-order chi connectivity index (χ0) is 13.9. The maximum absolute atomic E-state index is 12.1. The van der Waals surface area contributed by atoms with Crippen LogP contribution in [-0.2, 0) is 13.6 Å². The quantitative estimate of drug-likeness (QED) is 0.787. The second-order valence-electron chi connectivity index (χ2n) is 4.55. The molecule has 2 heterocycles. The van der Waals surface area contributed by atoms with Gasteiger partial charge in [-0.25, -0.2) is 4.98 Å². The molecule has 0 aliphatic carbocycles. The van der Waals surface area contributed by atoms with Crippen molar-refractivity contribution in [3.8, 4) is 0 Å². The lowest BCUT2D eigenvalue weighted by Gasteiger charge is -2.06. The number of carbonyl (C=O) groups excluding carboxylic acids is 1. The molecule has 1 N–H and O–H groups in total. The van der Waals surface area contributed by atoms with E-state index in [1.54, 1.807) is 12.4 Å². The minimum absolute atomic E-state index is 0.147. The van der Waals surface area contributed by atoms with Gasteiger partial charge in [-0.15, -0.1) is 0 Å². The Morgan fingerprint density at radius 1 is 1.30 bits per heavy atom. The van der Waals surface area contributed by atoms with Crippen LogP contribution >= 0.6 is 0 Å². The molecule has 0 aliphatic rings. The van der Waals surface area contributed by atoms with Crippen LogP contribution < -0.4 is 5.32 Å². The van der Waals surface area contributed by atoms with Crippen molar-refractivity contribution in [3.05, 3.63) is 60.3 Å². The first-order chi connectivity index (χ1) is 9.74. The summed E-state index contributed by atoms with van der Waals surface area (Å²) in [7, 11) is 1.89. The second-order valence-corrected chi connectivity index (χ2v) is 4.55. The molecule has 1 aromatic carbocycles. The SMILES string of the molecule is Cn1ccnc1CNC(=O)c1cnc2ccccc2c1. The summed E-state index contributed by atoms with van der Waals surface area (Å²) in [5, 5.41) is 3.80. The monoisotopic (exact) mass is 266 g/mol. The number of para-hydroxylation sites is 1. The number of nitrogens with one attached hydrogen (secondary N) is 1. The topological polar surface area (TPSA) is 59.8 Å². The Labute approximate surface area is 116 Å². The molecule has 100 valence electrons. The third-order valence-corrected chi connectivity index (χ3v) is 3.18. The maximum atomic E-state index is 12.1. The average molecular weight is 266 g/mol. The van der Waals surface area contributed by atoms with Gasteiger partial charge >= 0.3 is 0 Å². The number of amides is 1. The van der Waals surface area contributed by atoms with E-state index in [1.165, 1.54) is 0 Å². The summed E-state index contributed by atoms with van der Waals surface area (Å²) in [6, 6.07) is 9.56. The molecule has 0 bridgehead atoms. The lowest BCUT2D eigenvalue weighted by molar-refractivity contribution is 0.0949. The fraction of sp³-hybridized carbons (Fsp3) is 0.133. The van der Waals surface area contributed by atoms with E-state index in [9.17, 15) is 4.79 Å². The number of carbonyl (C=O) groups is 1. The zero-order valence-electron chi connectivity index (χ0n) is 11.1. The van der Waals surface area contributed by atoms with E-state index in [0.29, 0.717) is 12.1 Å². The van der Waals surface area contributed by atoms with Crippen LogP contribution in [0, 0.1) is 0 Å². The predicted molar refractivity (Wildman–Crippen MR) is 76.1 cm³/mol. The van der Waals surface area contributed by atoms with Crippen LogP contribution in [0.3, 0.4) is 0 Å². The number of hydrogen-bond donors (Lipinski definition) is 1. The molecule has 0 fully saturated rings. The van der Waals surface area contributed by atoms with Crippen molar-refractivity contribution in [2.75, 3.05) is 0 Å². The molecule has 2 aromatic heterocycles. The summed E-state index contributed by atoms with van der Waals surface area (Å²) in [5.41, 5.74) is 1.44. The molecule has 0 saturated heterocycles. The molecule has 5 heteroatoms. The number of aryl methyl sites for hydroxylation is 1. The highest BCUT2D eigenvalue weighted by Gasteiger charge is 2.08. The van der Waals surface area contributed by atoms with E-state index >= 15 is 0 Å². The molecule has 20 heavy (non-hydrogen) atoms. The van der Waals surface area contributed by atoms with Gasteiger partial charge in [-0.3, -0.25) is 9.78 Å². The van der Waals surface area contributed by atoms with E-state index in [4.69, 9.17) is 0 Å². The lowest BCUT2D eigenvalue weighted by atomic mass is 10.1. The van der Waals surface area contributed by atoms with Crippen LogP contribution in [0.25, 0.3) is 10.9 Å². The fourth-order valence-corrected chi connectivity index (χ4v) is 2.02. The van der Waals surface area contributed by atoms with Crippen LogP contribution in [-0.4, -0.2) is 20.4 Å². The zero-order valence-corrected chi connectivity index (χ0v) is 11.1. The minimum atomic E-state index is -0.147. The number of rotatable bonds is 3. The number of hydrogen-bond acceptors (Lipinski definition) is 3. The lowest BCUT2D eigenvalue weighted by Crippen LogP contribution is -2.24. The molecular formula is C15H14N4O. The summed E-state index contributed by atoms with van der Waals surface area (Å²) >= 11 is 0. The van der Waals surface area contributed by atoms with Gasteiger partial charge in [0.1, 0.15) is 5.82 Å². The highest BCUT2D eigenvalue weighted by atomic mass is 16.1. The minimum Gasteiger partial charge on any atom is -0.345 e. The number of aromatic nitrogens is 3. The van der Waals surface area contributed by atoms with E-state index in [-0.39, 0.29) is 5.91 Å². The van der Waals surface area contributed by atoms with Crippen molar-refractivity contribution < 1.29 is 4.79 Å². The van der Waals surface area contributed by atoms with Gasteiger partial charge in [-0.1, -0.05) is 18.2 Å². The number of pyridine rings is 1. The summed E-state index contributed by atoms with van der Waals surface area (Å²) < 4.78 is 1.87. The second kappa shape index (κ2) is 5.13. The summed E-state index contributed by atoms with van der Waals surface area (Å²) in [6.07, 6.45) is 5.15. The van der Waals surface area contributed by atoms with Gasteiger partial charge < -0.3 is 9.88 Å². The largest absolute Gasteiger partial charge is 0.345 e. The van der Waals surface area contributed by atoms with Crippen molar-refractivity contribution in [1.29, 1.82) is 0 Å². The molecule has 1 amide bonds. The highest BCUT2D eigenvalue weighted by Crippen LogP contribution is 2.12. The molecule has 0 spiro atoms. The maximum Gasteiger partial charge on any atom is 0.253 e. The number of imidazole rings is 1. The van der Waals surface area contributed by atoms with Gasteiger partial charge in [0.25, 0.3) is 5.91 Å². The first kappa shape index (κ1) is 12.3.